The van der Waals surface area contributed by atoms with Gasteiger partial charge in [-0.05, 0) is 50.5 Å². The van der Waals surface area contributed by atoms with Crippen molar-refractivity contribution >= 4 is 28.5 Å². The standard InChI is InChI=1S/C24H30N4O4/c1-14(29)23-18-8-3-4-9-19(18)27(26-23)13-22(30)28-20-10-15(20)11-21(28)24(31)25-16-6-5-7-17(12-16)32-2/h3-4,8-9,15-17,20-21H,5-7,10-13H2,1-2H3,(H,25,31)/t15-,16+,17-,20-,21+/m1/s1. The maximum Gasteiger partial charge on any atom is 0.245 e. The van der Waals surface area contributed by atoms with Gasteiger partial charge in [-0.15, -0.1) is 0 Å². The molecule has 0 spiro atoms. The van der Waals surface area contributed by atoms with Gasteiger partial charge in [0.05, 0.1) is 11.6 Å². The van der Waals surface area contributed by atoms with E-state index >= 15 is 0 Å². The van der Waals surface area contributed by atoms with Crippen LogP contribution in [0.3, 0.4) is 0 Å². The fourth-order valence-electron chi connectivity index (χ4n) is 5.55. The Morgan fingerprint density at radius 3 is 2.75 bits per heavy atom. The maximum atomic E-state index is 13.4. The average molecular weight is 439 g/mol. The van der Waals surface area contributed by atoms with Crippen LogP contribution in [-0.4, -0.2) is 63.6 Å². The molecule has 2 aliphatic carbocycles. The van der Waals surface area contributed by atoms with Crippen LogP contribution in [0, 0.1) is 5.92 Å². The molecule has 32 heavy (non-hydrogen) atoms. The SMILES string of the molecule is CO[C@@H]1CCC[C@H](NC(=O)[C@@H]2C[C@H]3C[C@H]3N2C(=O)Cn2nc(C(C)=O)c3ccccc32)C1. The van der Waals surface area contributed by atoms with Gasteiger partial charge in [-0.2, -0.15) is 5.10 Å². The summed E-state index contributed by atoms with van der Waals surface area (Å²) in [5, 5.41) is 8.36. The predicted octanol–water partition coefficient (Wildman–Crippen LogP) is 2.30. The van der Waals surface area contributed by atoms with Crippen molar-refractivity contribution in [1.82, 2.24) is 20.0 Å². The van der Waals surface area contributed by atoms with Crippen molar-refractivity contribution in [3.63, 3.8) is 0 Å². The zero-order chi connectivity index (χ0) is 22.4. The topological polar surface area (TPSA) is 93.5 Å². The molecular formula is C24H30N4O4. The molecule has 1 saturated heterocycles. The fourth-order valence-corrected chi connectivity index (χ4v) is 5.55. The van der Waals surface area contributed by atoms with E-state index in [0.29, 0.717) is 11.6 Å². The predicted molar refractivity (Wildman–Crippen MR) is 118 cm³/mol. The minimum atomic E-state index is -0.428. The van der Waals surface area contributed by atoms with Gasteiger partial charge < -0.3 is 15.0 Å². The van der Waals surface area contributed by atoms with Crippen LogP contribution >= 0.6 is 0 Å². The lowest BCUT2D eigenvalue weighted by Crippen LogP contribution is -2.52. The van der Waals surface area contributed by atoms with Crippen LogP contribution < -0.4 is 5.32 Å². The quantitative estimate of drug-likeness (QED) is 0.699. The second-order valence-electron chi connectivity index (χ2n) is 9.43. The Labute approximate surface area is 187 Å². The monoisotopic (exact) mass is 438 g/mol. The molecule has 5 atom stereocenters. The van der Waals surface area contributed by atoms with Crippen LogP contribution in [0.15, 0.2) is 24.3 Å². The van der Waals surface area contributed by atoms with Crippen LogP contribution in [0.2, 0.25) is 0 Å². The number of rotatable bonds is 6. The summed E-state index contributed by atoms with van der Waals surface area (Å²) >= 11 is 0. The number of piperidine rings is 1. The summed E-state index contributed by atoms with van der Waals surface area (Å²) in [6.07, 6.45) is 5.71. The number of ether oxygens (including phenoxy) is 1. The summed E-state index contributed by atoms with van der Waals surface area (Å²) in [6, 6.07) is 7.26. The zero-order valence-electron chi connectivity index (χ0n) is 18.6. The number of amides is 2. The number of nitrogens with zero attached hydrogens (tertiary/aromatic N) is 3. The van der Waals surface area contributed by atoms with E-state index in [1.54, 1.807) is 16.7 Å². The van der Waals surface area contributed by atoms with Gasteiger partial charge in [-0.1, -0.05) is 18.2 Å². The summed E-state index contributed by atoms with van der Waals surface area (Å²) < 4.78 is 7.08. The molecule has 8 nitrogen and oxygen atoms in total. The molecule has 2 amide bonds. The minimum absolute atomic E-state index is 0.0238. The lowest BCUT2D eigenvalue weighted by atomic mass is 9.92. The van der Waals surface area contributed by atoms with Crippen LogP contribution in [0.25, 0.3) is 10.9 Å². The van der Waals surface area contributed by atoms with Crippen molar-refractivity contribution in [2.75, 3.05) is 7.11 Å². The Hall–Kier alpha value is -2.74. The number of carbonyl (C=O) groups excluding carboxylic acids is 3. The molecule has 1 aromatic carbocycles. The van der Waals surface area contributed by atoms with Crippen molar-refractivity contribution in [3.05, 3.63) is 30.0 Å². The van der Waals surface area contributed by atoms with Crippen molar-refractivity contribution < 1.29 is 19.1 Å². The highest BCUT2D eigenvalue weighted by atomic mass is 16.5. The summed E-state index contributed by atoms with van der Waals surface area (Å²) in [5.41, 5.74) is 1.13. The second-order valence-corrected chi connectivity index (χ2v) is 9.43. The van der Waals surface area contributed by atoms with E-state index in [0.717, 1.165) is 49.4 Å². The largest absolute Gasteiger partial charge is 0.381 e. The molecule has 3 fully saturated rings. The van der Waals surface area contributed by atoms with Crippen LogP contribution in [0.4, 0.5) is 0 Å². The van der Waals surface area contributed by atoms with Crippen LogP contribution in [0.5, 0.6) is 0 Å². The van der Waals surface area contributed by atoms with Gasteiger partial charge in [-0.25, -0.2) is 0 Å². The molecule has 0 unspecified atom stereocenters. The number of hydrogen-bond donors (Lipinski definition) is 1. The highest BCUT2D eigenvalue weighted by Crippen LogP contribution is 2.48. The third-order valence-corrected chi connectivity index (χ3v) is 7.28. The first-order chi connectivity index (χ1) is 15.5. The summed E-state index contributed by atoms with van der Waals surface area (Å²) in [6.45, 7) is 1.51. The van der Waals surface area contributed by atoms with Gasteiger partial charge in [-0.3, -0.25) is 19.1 Å². The van der Waals surface area contributed by atoms with E-state index in [4.69, 9.17) is 4.74 Å². The normalized spacial score (nSPS) is 29.1. The lowest BCUT2D eigenvalue weighted by molar-refractivity contribution is -0.140. The minimum Gasteiger partial charge on any atom is -0.381 e. The molecule has 8 heteroatoms. The van der Waals surface area contributed by atoms with Crippen molar-refractivity contribution in [1.29, 1.82) is 0 Å². The van der Waals surface area contributed by atoms with Crippen LogP contribution in [-0.2, 0) is 20.9 Å². The van der Waals surface area contributed by atoms with Gasteiger partial charge in [0.2, 0.25) is 11.8 Å². The highest BCUT2D eigenvalue weighted by molar-refractivity contribution is 6.05. The summed E-state index contributed by atoms with van der Waals surface area (Å²) in [7, 11) is 1.72. The van der Waals surface area contributed by atoms with E-state index in [-0.39, 0.29) is 42.3 Å². The molecule has 1 aromatic heterocycles. The summed E-state index contributed by atoms with van der Waals surface area (Å²) in [5.74, 6) is 0.115. The fraction of sp³-hybridized carbons (Fsp3) is 0.583. The van der Waals surface area contributed by atoms with Gasteiger partial charge in [0, 0.05) is 31.5 Å². The first-order valence-electron chi connectivity index (χ1n) is 11.6. The first-order valence-corrected chi connectivity index (χ1v) is 11.6. The molecule has 5 rings (SSSR count). The van der Waals surface area contributed by atoms with E-state index in [1.165, 1.54) is 6.92 Å². The third-order valence-electron chi connectivity index (χ3n) is 7.28. The van der Waals surface area contributed by atoms with E-state index in [2.05, 4.69) is 10.4 Å². The average Bonchev–Trinajstić information content (AvgIpc) is 3.29. The number of Topliss-reactive ketones (excluding diaryl/α,β-unsaturated/α-hetero) is 1. The van der Waals surface area contributed by atoms with Gasteiger partial charge >= 0.3 is 0 Å². The maximum absolute atomic E-state index is 13.4. The van der Waals surface area contributed by atoms with E-state index in [1.807, 2.05) is 24.3 Å². The number of methoxy groups -OCH3 is 1. The van der Waals surface area contributed by atoms with Gasteiger partial charge in [0.15, 0.2) is 5.78 Å². The van der Waals surface area contributed by atoms with Gasteiger partial charge in [0.1, 0.15) is 18.3 Å². The van der Waals surface area contributed by atoms with Crippen molar-refractivity contribution in [2.24, 2.45) is 5.92 Å². The molecule has 1 N–H and O–H groups in total. The molecule has 2 saturated carbocycles. The number of hydrogen-bond acceptors (Lipinski definition) is 5. The number of carbonyl (C=O) groups is 3. The molecule has 2 heterocycles. The Balaban J connectivity index is 1.32. The number of para-hydroxylation sites is 1. The molecule has 0 bridgehead atoms. The highest BCUT2D eigenvalue weighted by Gasteiger charge is 2.56. The van der Waals surface area contributed by atoms with Crippen molar-refractivity contribution in [2.45, 2.75) is 76.2 Å². The van der Waals surface area contributed by atoms with E-state index < -0.39 is 6.04 Å². The number of benzene rings is 1. The Bertz CT molecular complexity index is 1060. The molecule has 3 aliphatic rings. The lowest BCUT2D eigenvalue weighted by Gasteiger charge is -2.32. The zero-order valence-corrected chi connectivity index (χ0v) is 18.6. The Morgan fingerprint density at radius 2 is 1.97 bits per heavy atom. The smallest absolute Gasteiger partial charge is 0.245 e. The number of ketones is 1. The van der Waals surface area contributed by atoms with Crippen molar-refractivity contribution in [3.8, 4) is 0 Å². The molecule has 170 valence electrons. The number of likely N-dealkylation sites (tertiary alicyclic amines) is 1. The van der Waals surface area contributed by atoms with Gasteiger partial charge in [0.25, 0.3) is 0 Å². The Morgan fingerprint density at radius 1 is 1.16 bits per heavy atom. The molecule has 0 radical (unpaired) electrons. The number of aromatic nitrogens is 2. The molecular weight excluding hydrogens is 408 g/mol. The number of fused-ring (bicyclic) bond motifs is 2. The second kappa shape index (κ2) is 8.31. The Kier molecular flexibility index (Phi) is 5.49. The molecule has 1 aliphatic heterocycles. The first kappa shape index (κ1) is 21.1. The third kappa shape index (κ3) is 3.81. The van der Waals surface area contributed by atoms with Crippen LogP contribution in [0.1, 0.15) is 55.9 Å². The van der Waals surface area contributed by atoms with E-state index in [9.17, 15) is 14.4 Å². The number of nitrogens with one attached hydrogen (secondary N) is 1. The summed E-state index contributed by atoms with van der Waals surface area (Å²) in [4.78, 5) is 40.3. The molecule has 2 aromatic rings.